The van der Waals surface area contributed by atoms with Gasteiger partial charge in [0.25, 0.3) is 0 Å². The third kappa shape index (κ3) is 3.45. The number of anilines is 2. The first kappa shape index (κ1) is 14.1. The van der Waals surface area contributed by atoms with Gasteiger partial charge in [-0.15, -0.1) is 0 Å². The Kier molecular flexibility index (Phi) is 4.25. The van der Waals surface area contributed by atoms with E-state index in [0.717, 1.165) is 41.3 Å². The van der Waals surface area contributed by atoms with Crippen LogP contribution in [0.2, 0.25) is 0 Å². The summed E-state index contributed by atoms with van der Waals surface area (Å²) < 4.78 is 0. The van der Waals surface area contributed by atoms with E-state index in [4.69, 9.17) is 5.73 Å². The Morgan fingerprint density at radius 1 is 1.29 bits per heavy atom. The molecule has 2 heterocycles. The van der Waals surface area contributed by atoms with Gasteiger partial charge >= 0.3 is 0 Å². The molecule has 1 aromatic heterocycles. The van der Waals surface area contributed by atoms with Gasteiger partial charge in [0.2, 0.25) is 0 Å². The number of nitrogens with zero attached hydrogens (tertiary/aromatic N) is 2. The predicted molar refractivity (Wildman–Crippen MR) is 89.5 cm³/mol. The second kappa shape index (κ2) is 6.31. The van der Waals surface area contributed by atoms with Crippen molar-refractivity contribution in [1.82, 2.24) is 9.88 Å². The lowest BCUT2D eigenvalue weighted by molar-refractivity contribution is 0.199. The van der Waals surface area contributed by atoms with Crippen molar-refractivity contribution in [3.05, 3.63) is 30.5 Å². The molecule has 4 nitrogen and oxygen atoms in total. The van der Waals surface area contributed by atoms with Crippen LogP contribution in [0.3, 0.4) is 0 Å². The maximum absolute atomic E-state index is 5.82. The van der Waals surface area contributed by atoms with Crippen LogP contribution in [-0.4, -0.2) is 36.1 Å². The molecule has 21 heavy (non-hydrogen) atoms. The number of benzene rings is 1. The molecule has 4 heteroatoms. The summed E-state index contributed by atoms with van der Waals surface area (Å²) in [6, 6.07) is 7.94. The van der Waals surface area contributed by atoms with Crippen LogP contribution in [0, 0.1) is 5.92 Å². The molecular weight excluding hydrogens is 260 g/mol. The van der Waals surface area contributed by atoms with Gasteiger partial charge in [-0.05, 0) is 56.1 Å². The molecule has 3 rings (SSSR count). The van der Waals surface area contributed by atoms with Crippen LogP contribution in [0.5, 0.6) is 0 Å². The smallest absolute Gasteiger partial charge is 0.0743 e. The number of nitrogens with one attached hydrogen (secondary N) is 1. The van der Waals surface area contributed by atoms with E-state index < -0.39 is 0 Å². The van der Waals surface area contributed by atoms with Crippen LogP contribution in [0.4, 0.5) is 11.4 Å². The first-order valence-corrected chi connectivity index (χ1v) is 7.83. The van der Waals surface area contributed by atoms with E-state index in [0.29, 0.717) is 0 Å². The number of nitrogen functional groups attached to an aromatic ring is 1. The number of fused-ring (bicyclic) bond motifs is 1. The molecule has 112 valence electrons. The summed E-state index contributed by atoms with van der Waals surface area (Å²) in [5.74, 6) is 0.892. The summed E-state index contributed by atoms with van der Waals surface area (Å²) >= 11 is 0. The highest BCUT2D eigenvalue weighted by atomic mass is 15.1. The normalized spacial score (nSPS) is 17.2. The van der Waals surface area contributed by atoms with Crippen molar-refractivity contribution in [2.45, 2.75) is 19.8 Å². The molecule has 1 fully saturated rings. The lowest BCUT2D eigenvalue weighted by atomic mass is 9.99. The molecule has 0 bridgehead atoms. The first-order valence-electron chi connectivity index (χ1n) is 7.83. The van der Waals surface area contributed by atoms with Gasteiger partial charge in [-0.2, -0.15) is 0 Å². The minimum Gasteiger partial charge on any atom is -0.399 e. The molecule has 1 aliphatic heterocycles. The fraction of sp³-hybridized carbons (Fsp3) is 0.471. The van der Waals surface area contributed by atoms with E-state index in [1.54, 1.807) is 0 Å². The number of hydrogen-bond acceptors (Lipinski definition) is 4. The Balaban J connectivity index is 1.60. The number of likely N-dealkylation sites (tertiary alicyclic amines) is 1. The minimum atomic E-state index is 0.759. The third-order valence-corrected chi connectivity index (χ3v) is 4.39. The zero-order chi connectivity index (χ0) is 14.7. The highest BCUT2D eigenvalue weighted by Gasteiger charge is 2.14. The quantitative estimate of drug-likeness (QED) is 0.848. The minimum absolute atomic E-state index is 0.759. The molecular formula is C17H24N4. The largest absolute Gasteiger partial charge is 0.399 e. The average molecular weight is 284 g/mol. The number of aromatic nitrogens is 1. The lowest BCUT2D eigenvalue weighted by Crippen LogP contribution is -2.36. The predicted octanol–water partition coefficient (Wildman–Crippen LogP) is 2.96. The van der Waals surface area contributed by atoms with Crippen molar-refractivity contribution in [3.63, 3.8) is 0 Å². The summed E-state index contributed by atoms with van der Waals surface area (Å²) in [4.78, 5) is 6.93. The SMILES string of the molecule is CC1CCN(CCNc2ccnc3cc(N)ccc23)CC1. The molecule has 0 radical (unpaired) electrons. The Bertz CT molecular complexity index is 603. The monoisotopic (exact) mass is 284 g/mol. The van der Waals surface area contributed by atoms with Gasteiger partial charge in [0, 0.05) is 36.0 Å². The van der Waals surface area contributed by atoms with Gasteiger partial charge in [0.15, 0.2) is 0 Å². The second-order valence-electron chi connectivity index (χ2n) is 6.09. The van der Waals surface area contributed by atoms with Gasteiger partial charge in [0.05, 0.1) is 5.52 Å². The van der Waals surface area contributed by atoms with Crippen molar-refractivity contribution in [2.24, 2.45) is 5.92 Å². The van der Waals surface area contributed by atoms with Crippen LogP contribution in [-0.2, 0) is 0 Å². The molecule has 1 aliphatic rings. The van der Waals surface area contributed by atoms with Crippen molar-refractivity contribution in [3.8, 4) is 0 Å². The molecule has 0 saturated carbocycles. The van der Waals surface area contributed by atoms with E-state index in [1.807, 2.05) is 30.5 Å². The second-order valence-corrected chi connectivity index (χ2v) is 6.09. The molecule has 2 aromatic rings. The molecule has 0 aliphatic carbocycles. The Hall–Kier alpha value is -1.81. The third-order valence-electron chi connectivity index (χ3n) is 4.39. The van der Waals surface area contributed by atoms with E-state index in [-0.39, 0.29) is 0 Å². The highest BCUT2D eigenvalue weighted by molar-refractivity contribution is 5.92. The van der Waals surface area contributed by atoms with E-state index in [2.05, 4.69) is 22.1 Å². The van der Waals surface area contributed by atoms with Crippen LogP contribution >= 0.6 is 0 Å². The maximum atomic E-state index is 5.82. The standard InChI is InChI=1S/C17H24N4/c1-13-5-9-21(10-6-13)11-8-20-16-4-7-19-17-12-14(18)2-3-15(16)17/h2-4,7,12-13H,5-6,8-11,18H2,1H3,(H,19,20). The fourth-order valence-electron chi connectivity index (χ4n) is 2.95. The Morgan fingerprint density at radius 3 is 2.90 bits per heavy atom. The lowest BCUT2D eigenvalue weighted by Gasteiger charge is -2.30. The summed E-state index contributed by atoms with van der Waals surface area (Å²) in [6.07, 6.45) is 4.50. The fourth-order valence-corrected chi connectivity index (χ4v) is 2.95. The van der Waals surface area contributed by atoms with Crippen molar-refractivity contribution >= 4 is 22.3 Å². The molecule has 0 unspecified atom stereocenters. The van der Waals surface area contributed by atoms with Gasteiger partial charge in [0.1, 0.15) is 0 Å². The summed E-state index contributed by atoms with van der Waals surface area (Å²) in [7, 11) is 0. The van der Waals surface area contributed by atoms with E-state index >= 15 is 0 Å². The summed E-state index contributed by atoms with van der Waals surface area (Å²) in [5, 5.41) is 4.68. The highest BCUT2D eigenvalue weighted by Crippen LogP contribution is 2.23. The van der Waals surface area contributed by atoms with Crippen LogP contribution in [0.1, 0.15) is 19.8 Å². The molecule has 0 atom stereocenters. The zero-order valence-corrected chi connectivity index (χ0v) is 12.7. The zero-order valence-electron chi connectivity index (χ0n) is 12.7. The van der Waals surface area contributed by atoms with Gasteiger partial charge in [-0.25, -0.2) is 0 Å². The number of nitrogens with two attached hydrogens (primary N) is 1. The molecule has 3 N–H and O–H groups in total. The van der Waals surface area contributed by atoms with Crippen LogP contribution < -0.4 is 11.1 Å². The van der Waals surface area contributed by atoms with Crippen molar-refractivity contribution < 1.29 is 0 Å². The number of piperidine rings is 1. The van der Waals surface area contributed by atoms with Crippen LogP contribution in [0.15, 0.2) is 30.5 Å². The van der Waals surface area contributed by atoms with Crippen LogP contribution in [0.25, 0.3) is 10.9 Å². The topological polar surface area (TPSA) is 54.2 Å². The first-order chi connectivity index (χ1) is 10.2. The molecule has 0 amide bonds. The Labute approximate surface area is 126 Å². The van der Waals surface area contributed by atoms with Crippen molar-refractivity contribution in [2.75, 3.05) is 37.2 Å². The molecule has 1 aromatic carbocycles. The maximum Gasteiger partial charge on any atom is 0.0743 e. The average Bonchev–Trinajstić information content (AvgIpc) is 2.49. The molecule has 0 spiro atoms. The number of pyridine rings is 1. The van der Waals surface area contributed by atoms with Gasteiger partial charge < -0.3 is 16.0 Å². The van der Waals surface area contributed by atoms with Crippen molar-refractivity contribution in [1.29, 1.82) is 0 Å². The number of hydrogen-bond donors (Lipinski definition) is 2. The Morgan fingerprint density at radius 2 is 2.10 bits per heavy atom. The summed E-state index contributed by atoms with van der Waals surface area (Å²) in [5.41, 5.74) is 8.67. The van der Waals surface area contributed by atoms with Gasteiger partial charge in [-0.1, -0.05) is 6.92 Å². The van der Waals surface area contributed by atoms with E-state index in [9.17, 15) is 0 Å². The van der Waals surface area contributed by atoms with E-state index in [1.165, 1.54) is 25.9 Å². The number of rotatable bonds is 4. The van der Waals surface area contributed by atoms with Gasteiger partial charge in [-0.3, -0.25) is 4.98 Å². The summed E-state index contributed by atoms with van der Waals surface area (Å²) in [6.45, 7) is 6.89. The molecule has 1 saturated heterocycles.